The van der Waals surface area contributed by atoms with E-state index in [2.05, 4.69) is 24.2 Å². The van der Waals surface area contributed by atoms with Gasteiger partial charge < -0.3 is 15.8 Å². The summed E-state index contributed by atoms with van der Waals surface area (Å²) in [6.07, 6.45) is 5.13. The van der Waals surface area contributed by atoms with Crippen LogP contribution in [0.2, 0.25) is 0 Å². The molecule has 102 valence electrons. The summed E-state index contributed by atoms with van der Waals surface area (Å²) in [5, 5.41) is 3.13. The summed E-state index contributed by atoms with van der Waals surface area (Å²) < 4.78 is 5.64. The summed E-state index contributed by atoms with van der Waals surface area (Å²) >= 11 is 0. The molecule has 17 heavy (non-hydrogen) atoms. The molecule has 0 saturated carbocycles. The van der Waals surface area contributed by atoms with E-state index in [-0.39, 0.29) is 24.0 Å². The van der Waals surface area contributed by atoms with Gasteiger partial charge in [0.25, 0.3) is 0 Å². The number of aliphatic imine (C=N–C) groups is 1. The molecular weight excluding hydrogens is 329 g/mol. The van der Waals surface area contributed by atoms with E-state index in [0.29, 0.717) is 18.0 Å². The number of rotatable bonds is 5. The number of nitrogens with zero attached hydrogens (tertiary/aromatic N) is 1. The second kappa shape index (κ2) is 9.94. The molecule has 0 aliphatic carbocycles. The number of nitrogens with one attached hydrogen (secondary N) is 1. The summed E-state index contributed by atoms with van der Waals surface area (Å²) in [5.41, 5.74) is 5.74. The first-order valence-electron chi connectivity index (χ1n) is 6.34. The van der Waals surface area contributed by atoms with Gasteiger partial charge >= 0.3 is 0 Å². The maximum atomic E-state index is 5.74. The third-order valence-electron chi connectivity index (χ3n) is 2.67. The SMILES string of the molecule is CC(C)CN=C(N)NCCC1CCCCO1.I. The first kappa shape index (κ1) is 17.0. The predicted octanol–water partition coefficient (Wildman–Crippen LogP) is 2.12. The Labute approximate surface area is 122 Å². The number of guanidine groups is 1. The number of hydrogen-bond acceptors (Lipinski definition) is 2. The van der Waals surface area contributed by atoms with Gasteiger partial charge in [-0.1, -0.05) is 13.8 Å². The highest BCUT2D eigenvalue weighted by molar-refractivity contribution is 14.0. The van der Waals surface area contributed by atoms with E-state index in [4.69, 9.17) is 10.5 Å². The van der Waals surface area contributed by atoms with Crippen LogP contribution in [0.25, 0.3) is 0 Å². The van der Waals surface area contributed by atoms with Gasteiger partial charge in [-0.15, -0.1) is 24.0 Å². The largest absolute Gasteiger partial charge is 0.378 e. The molecule has 0 radical (unpaired) electrons. The van der Waals surface area contributed by atoms with Crippen molar-refractivity contribution in [1.29, 1.82) is 0 Å². The van der Waals surface area contributed by atoms with Gasteiger partial charge in [0.1, 0.15) is 0 Å². The van der Waals surface area contributed by atoms with Crippen molar-refractivity contribution in [2.75, 3.05) is 19.7 Å². The van der Waals surface area contributed by atoms with E-state index < -0.39 is 0 Å². The zero-order valence-electron chi connectivity index (χ0n) is 10.9. The van der Waals surface area contributed by atoms with Crippen LogP contribution in [-0.2, 0) is 4.74 Å². The molecule has 1 rings (SSSR count). The Hall–Kier alpha value is -0.0400. The van der Waals surface area contributed by atoms with Crippen LogP contribution in [0.3, 0.4) is 0 Å². The van der Waals surface area contributed by atoms with Crippen molar-refractivity contribution >= 4 is 29.9 Å². The first-order chi connectivity index (χ1) is 7.68. The van der Waals surface area contributed by atoms with Crippen LogP contribution in [0.15, 0.2) is 4.99 Å². The molecule has 0 spiro atoms. The average molecular weight is 355 g/mol. The maximum absolute atomic E-state index is 5.74. The number of hydrogen-bond donors (Lipinski definition) is 2. The molecule has 1 aliphatic rings. The molecule has 4 nitrogen and oxygen atoms in total. The molecule has 0 aromatic rings. The standard InChI is InChI=1S/C12H25N3O.HI/c1-10(2)9-15-12(13)14-7-6-11-5-3-4-8-16-11;/h10-11H,3-9H2,1-2H3,(H3,13,14,15);1H. The lowest BCUT2D eigenvalue weighted by molar-refractivity contribution is 0.0122. The fourth-order valence-electron chi connectivity index (χ4n) is 1.73. The molecule has 1 saturated heterocycles. The van der Waals surface area contributed by atoms with Gasteiger partial charge in [-0.3, -0.25) is 4.99 Å². The predicted molar refractivity (Wildman–Crippen MR) is 83.0 cm³/mol. The van der Waals surface area contributed by atoms with Gasteiger partial charge in [-0.25, -0.2) is 0 Å². The second-order valence-corrected chi connectivity index (χ2v) is 4.82. The lowest BCUT2D eigenvalue weighted by Crippen LogP contribution is -2.35. The Morgan fingerprint density at radius 2 is 2.24 bits per heavy atom. The summed E-state index contributed by atoms with van der Waals surface area (Å²) in [4.78, 5) is 4.25. The summed E-state index contributed by atoms with van der Waals surface area (Å²) in [7, 11) is 0. The fraction of sp³-hybridized carbons (Fsp3) is 0.917. The van der Waals surface area contributed by atoms with Gasteiger partial charge in [0.2, 0.25) is 0 Å². The van der Waals surface area contributed by atoms with Crippen molar-refractivity contribution < 1.29 is 4.74 Å². The van der Waals surface area contributed by atoms with Gasteiger partial charge in [0.15, 0.2) is 5.96 Å². The van der Waals surface area contributed by atoms with E-state index in [1.807, 2.05) is 0 Å². The van der Waals surface area contributed by atoms with E-state index in [1.54, 1.807) is 0 Å². The third-order valence-corrected chi connectivity index (χ3v) is 2.67. The van der Waals surface area contributed by atoms with E-state index >= 15 is 0 Å². The Bertz CT molecular complexity index is 216. The number of nitrogens with two attached hydrogens (primary N) is 1. The van der Waals surface area contributed by atoms with Crippen molar-refractivity contribution in [3.05, 3.63) is 0 Å². The lowest BCUT2D eigenvalue weighted by atomic mass is 10.1. The number of halogens is 1. The highest BCUT2D eigenvalue weighted by Gasteiger charge is 2.12. The van der Waals surface area contributed by atoms with Crippen LogP contribution in [-0.4, -0.2) is 31.8 Å². The second-order valence-electron chi connectivity index (χ2n) is 4.82. The van der Waals surface area contributed by atoms with Crippen molar-refractivity contribution in [3.8, 4) is 0 Å². The average Bonchev–Trinajstić information content (AvgIpc) is 2.28. The topological polar surface area (TPSA) is 59.6 Å². The van der Waals surface area contributed by atoms with Gasteiger partial charge in [-0.2, -0.15) is 0 Å². The van der Waals surface area contributed by atoms with Crippen LogP contribution in [0.1, 0.15) is 39.5 Å². The lowest BCUT2D eigenvalue weighted by Gasteiger charge is -2.22. The van der Waals surface area contributed by atoms with E-state index in [0.717, 1.165) is 26.1 Å². The van der Waals surface area contributed by atoms with Gasteiger partial charge in [0.05, 0.1) is 6.10 Å². The van der Waals surface area contributed by atoms with Crippen LogP contribution < -0.4 is 11.1 Å². The Morgan fingerprint density at radius 1 is 1.47 bits per heavy atom. The number of ether oxygens (including phenoxy) is 1. The highest BCUT2D eigenvalue weighted by atomic mass is 127. The quantitative estimate of drug-likeness (QED) is 0.451. The van der Waals surface area contributed by atoms with Crippen molar-refractivity contribution in [3.63, 3.8) is 0 Å². The molecular formula is C12H26IN3O. The molecule has 0 amide bonds. The fourth-order valence-corrected chi connectivity index (χ4v) is 1.73. The van der Waals surface area contributed by atoms with Crippen LogP contribution >= 0.6 is 24.0 Å². The minimum atomic E-state index is 0. The monoisotopic (exact) mass is 355 g/mol. The molecule has 1 heterocycles. The normalized spacial score (nSPS) is 21.1. The van der Waals surface area contributed by atoms with Crippen LogP contribution in [0.4, 0.5) is 0 Å². The van der Waals surface area contributed by atoms with Crippen LogP contribution in [0, 0.1) is 5.92 Å². The molecule has 0 bridgehead atoms. The summed E-state index contributed by atoms with van der Waals surface area (Å²) in [6.45, 7) is 6.83. The summed E-state index contributed by atoms with van der Waals surface area (Å²) in [6, 6.07) is 0. The van der Waals surface area contributed by atoms with Gasteiger partial charge in [0, 0.05) is 19.7 Å². The van der Waals surface area contributed by atoms with E-state index in [9.17, 15) is 0 Å². The van der Waals surface area contributed by atoms with Crippen molar-refractivity contribution in [1.82, 2.24) is 5.32 Å². The Balaban J connectivity index is 0.00000256. The van der Waals surface area contributed by atoms with Crippen molar-refractivity contribution in [2.24, 2.45) is 16.6 Å². The minimum absolute atomic E-state index is 0. The van der Waals surface area contributed by atoms with E-state index in [1.165, 1.54) is 19.3 Å². The zero-order chi connectivity index (χ0) is 11.8. The third kappa shape index (κ3) is 8.65. The first-order valence-corrected chi connectivity index (χ1v) is 6.34. The molecule has 1 aliphatic heterocycles. The Kier molecular flexibility index (Phi) is 9.91. The molecule has 0 aromatic heterocycles. The van der Waals surface area contributed by atoms with Gasteiger partial charge in [-0.05, 0) is 31.6 Å². The molecule has 1 atom stereocenters. The summed E-state index contributed by atoms with van der Waals surface area (Å²) in [5.74, 6) is 1.12. The van der Waals surface area contributed by atoms with Crippen molar-refractivity contribution in [2.45, 2.75) is 45.6 Å². The van der Waals surface area contributed by atoms with Crippen LogP contribution in [0.5, 0.6) is 0 Å². The zero-order valence-corrected chi connectivity index (χ0v) is 13.3. The molecule has 0 aromatic carbocycles. The Morgan fingerprint density at radius 3 is 2.82 bits per heavy atom. The minimum Gasteiger partial charge on any atom is -0.378 e. The molecule has 1 fully saturated rings. The molecule has 5 heteroatoms. The maximum Gasteiger partial charge on any atom is 0.188 e. The molecule has 1 unspecified atom stereocenters. The molecule has 3 N–H and O–H groups in total. The smallest absolute Gasteiger partial charge is 0.188 e. The highest BCUT2D eigenvalue weighted by Crippen LogP contribution is 2.14.